The number of hydrogen-bond donors (Lipinski definition) is 1. The van der Waals surface area contributed by atoms with Crippen molar-refractivity contribution in [1.82, 2.24) is 19.6 Å². The lowest BCUT2D eigenvalue weighted by Crippen LogP contribution is -2.04. The van der Waals surface area contributed by atoms with Crippen molar-refractivity contribution in [2.75, 3.05) is 5.32 Å². The molecule has 2 aromatic heterocycles. The van der Waals surface area contributed by atoms with E-state index in [0.717, 1.165) is 30.9 Å². The Hall–Kier alpha value is -1.78. The van der Waals surface area contributed by atoms with E-state index in [1.54, 1.807) is 0 Å². The molecule has 5 heteroatoms. The summed E-state index contributed by atoms with van der Waals surface area (Å²) < 4.78 is 4.16. The second-order valence-corrected chi connectivity index (χ2v) is 6.00. The Kier molecular flexibility index (Phi) is 4.27. The van der Waals surface area contributed by atoms with Crippen LogP contribution in [-0.2, 0) is 13.1 Å². The number of aryl methyl sites for hydroxylation is 2. The summed E-state index contributed by atoms with van der Waals surface area (Å²) in [4.78, 5) is 0. The Morgan fingerprint density at radius 2 is 2.10 bits per heavy atom. The van der Waals surface area contributed by atoms with Crippen LogP contribution in [0.2, 0.25) is 0 Å². The van der Waals surface area contributed by atoms with Gasteiger partial charge in [0.15, 0.2) is 0 Å². The Balaban J connectivity index is 1.59. The number of rotatable bonds is 6. The SMILES string of the molecule is CCCn1cc(CNc2cnn(C3CCCC3)c2)c(C)n1. The third-order valence-corrected chi connectivity index (χ3v) is 4.28. The normalized spacial score (nSPS) is 15.7. The first-order valence-corrected chi connectivity index (χ1v) is 8.07. The fourth-order valence-corrected chi connectivity index (χ4v) is 3.07. The third-order valence-electron chi connectivity index (χ3n) is 4.28. The molecule has 1 aliphatic rings. The lowest BCUT2D eigenvalue weighted by molar-refractivity contribution is 0.467. The molecule has 3 rings (SSSR count). The molecule has 2 aromatic rings. The average molecular weight is 287 g/mol. The summed E-state index contributed by atoms with van der Waals surface area (Å²) in [6, 6.07) is 0.606. The molecule has 0 saturated heterocycles. The van der Waals surface area contributed by atoms with Crippen LogP contribution in [0.4, 0.5) is 5.69 Å². The van der Waals surface area contributed by atoms with Gasteiger partial charge in [0.1, 0.15) is 0 Å². The minimum Gasteiger partial charge on any atom is -0.378 e. The maximum absolute atomic E-state index is 4.54. The zero-order valence-corrected chi connectivity index (χ0v) is 13.0. The highest BCUT2D eigenvalue weighted by molar-refractivity contribution is 5.39. The van der Waals surface area contributed by atoms with E-state index in [9.17, 15) is 0 Å². The molecule has 21 heavy (non-hydrogen) atoms. The number of hydrogen-bond acceptors (Lipinski definition) is 3. The van der Waals surface area contributed by atoms with Crippen molar-refractivity contribution in [2.45, 2.75) is 65.1 Å². The van der Waals surface area contributed by atoms with Crippen LogP contribution in [0.3, 0.4) is 0 Å². The van der Waals surface area contributed by atoms with Gasteiger partial charge in [-0.05, 0) is 26.2 Å². The van der Waals surface area contributed by atoms with Gasteiger partial charge in [-0.25, -0.2) is 0 Å². The van der Waals surface area contributed by atoms with Gasteiger partial charge in [-0.1, -0.05) is 19.8 Å². The zero-order chi connectivity index (χ0) is 14.7. The van der Waals surface area contributed by atoms with E-state index in [1.807, 2.05) is 10.9 Å². The van der Waals surface area contributed by atoms with Crippen LogP contribution in [-0.4, -0.2) is 19.6 Å². The molecule has 0 aromatic carbocycles. The molecule has 114 valence electrons. The Morgan fingerprint density at radius 1 is 1.29 bits per heavy atom. The number of nitrogens with zero attached hydrogens (tertiary/aromatic N) is 4. The van der Waals surface area contributed by atoms with Crippen LogP contribution in [0.15, 0.2) is 18.6 Å². The van der Waals surface area contributed by atoms with Gasteiger partial charge in [0.05, 0.1) is 23.6 Å². The molecule has 1 fully saturated rings. The highest BCUT2D eigenvalue weighted by atomic mass is 15.3. The molecule has 2 heterocycles. The molecule has 1 aliphatic carbocycles. The first kappa shape index (κ1) is 14.2. The highest BCUT2D eigenvalue weighted by Crippen LogP contribution is 2.29. The van der Waals surface area contributed by atoms with Crippen molar-refractivity contribution in [3.63, 3.8) is 0 Å². The van der Waals surface area contributed by atoms with Gasteiger partial charge in [-0.2, -0.15) is 10.2 Å². The molecule has 1 saturated carbocycles. The molecule has 1 N–H and O–H groups in total. The van der Waals surface area contributed by atoms with Crippen LogP contribution >= 0.6 is 0 Å². The first-order chi connectivity index (χ1) is 10.3. The summed E-state index contributed by atoms with van der Waals surface area (Å²) in [5.41, 5.74) is 3.47. The average Bonchev–Trinajstić information content (AvgIpc) is 3.17. The standard InChI is InChI=1S/C16H25N5/c1-3-8-20-11-14(13(2)19-20)9-17-15-10-18-21(12-15)16-6-4-5-7-16/h10-12,16-17H,3-9H2,1-2H3. The number of aromatic nitrogens is 4. The van der Waals surface area contributed by atoms with Gasteiger partial charge in [0.25, 0.3) is 0 Å². The van der Waals surface area contributed by atoms with Gasteiger partial charge in [0, 0.05) is 31.0 Å². The smallest absolute Gasteiger partial charge is 0.0729 e. The quantitative estimate of drug-likeness (QED) is 0.884. The maximum Gasteiger partial charge on any atom is 0.0729 e. The predicted molar refractivity (Wildman–Crippen MR) is 84.3 cm³/mol. The molecule has 0 atom stereocenters. The fraction of sp³-hybridized carbons (Fsp3) is 0.625. The maximum atomic E-state index is 4.54. The summed E-state index contributed by atoms with van der Waals surface area (Å²) in [5, 5.41) is 12.5. The van der Waals surface area contributed by atoms with Gasteiger partial charge in [0.2, 0.25) is 0 Å². The van der Waals surface area contributed by atoms with Crippen molar-refractivity contribution >= 4 is 5.69 Å². The van der Waals surface area contributed by atoms with Crippen LogP contribution in [0, 0.1) is 6.92 Å². The van der Waals surface area contributed by atoms with E-state index in [4.69, 9.17) is 0 Å². The molecule has 0 radical (unpaired) electrons. The van der Waals surface area contributed by atoms with Gasteiger partial charge < -0.3 is 5.32 Å². The lowest BCUT2D eigenvalue weighted by atomic mass is 10.2. The Bertz CT molecular complexity index is 577. The molecule has 0 unspecified atom stereocenters. The molecule has 0 bridgehead atoms. The summed E-state index contributed by atoms with van der Waals surface area (Å²) in [5.74, 6) is 0. The minimum absolute atomic E-state index is 0.606. The van der Waals surface area contributed by atoms with E-state index in [0.29, 0.717) is 6.04 Å². The predicted octanol–water partition coefficient (Wildman–Crippen LogP) is 3.53. The molecule has 0 amide bonds. The minimum atomic E-state index is 0.606. The lowest BCUT2D eigenvalue weighted by Gasteiger charge is -2.08. The van der Waals surface area contributed by atoms with Crippen molar-refractivity contribution in [1.29, 1.82) is 0 Å². The van der Waals surface area contributed by atoms with E-state index in [1.165, 1.54) is 31.2 Å². The highest BCUT2D eigenvalue weighted by Gasteiger charge is 2.17. The summed E-state index contributed by atoms with van der Waals surface area (Å²) in [7, 11) is 0. The largest absolute Gasteiger partial charge is 0.378 e. The first-order valence-electron chi connectivity index (χ1n) is 8.07. The van der Waals surface area contributed by atoms with E-state index in [-0.39, 0.29) is 0 Å². The van der Waals surface area contributed by atoms with Gasteiger partial charge >= 0.3 is 0 Å². The monoisotopic (exact) mass is 287 g/mol. The summed E-state index contributed by atoms with van der Waals surface area (Å²) in [6.45, 7) is 6.05. The Labute approximate surface area is 126 Å². The van der Waals surface area contributed by atoms with Crippen LogP contribution in [0.5, 0.6) is 0 Å². The molecule has 0 spiro atoms. The molecular weight excluding hydrogens is 262 g/mol. The molecule has 0 aliphatic heterocycles. The van der Waals surface area contributed by atoms with Crippen molar-refractivity contribution < 1.29 is 0 Å². The van der Waals surface area contributed by atoms with E-state index in [2.05, 4.69) is 46.4 Å². The molecular formula is C16H25N5. The van der Waals surface area contributed by atoms with Crippen LogP contribution < -0.4 is 5.32 Å². The Morgan fingerprint density at radius 3 is 2.86 bits per heavy atom. The van der Waals surface area contributed by atoms with Crippen LogP contribution in [0.25, 0.3) is 0 Å². The number of nitrogens with one attached hydrogen (secondary N) is 1. The van der Waals surface area contributed by atoms with E-state index < -0.39 is 0 Å². The fourth-order valence-electron chi connectivity index (χ4n) is 3.07. The third kappa shape index (κ3) is 3.28. The van der Waals surface area contributed by atoms with Crippen molar-refractivity contribution in [3.05, 3.63) is 29.8 Å². The zero-order valence-electron chi connectivity index (χ0n) is 13.0. The summed E-state index contributed by atoms with van der Waals surface area (Å²) >= 11 is 0. The summed E-state index contributed by atoms with van der Waals surface area (Å²) in [6.07, 6.45) is 12.5. The van der Waals surface area contributed by atoms with Gasteiger partial charge in [-0.15, -0.1) is 0 Å². The molecule has 5 nitrogen and oxygen atoms in total. The van der Waals surface area contributed by atoms with Crippen molar-refractivity contribution in [3.8, 4) is 0 Å². The second-order valence-electron chi connectivity index (χ2n) is 6.00. The second kappa shape index (κ2) is 6.33. The topological polar surface area (TPSA) is 47.7 Å². The van der Waals surface area contributed by atoms with Crippen LogP contribution in [0.1, 0.15) is 56.3 Å². The van der Waals surface area contributed by atoms with Gasteiger partial charge in [-0.3, -0.25) is 9.36 Å². The number of anilines is 1. The van der Waals surface area contributed by atoms with Crippen molar-refractivity contribution in [2.24, 2.45) is 0 Å². The van der Waals surface area contributed by atoms with E-state index >= 15 is 0 Å².